The highest BCUT2D eigenvalue weighted by molar-refractivity contribution is 6.34. The molecule has 1 aliphatic heterocycles. The molecule has 1 N–H and O–H groups in total. The molecular weight excluding hydrogens is 275 g/mol. The highest BCUT2D eigenvalue weighted by Crippen LogP contribution is 2.37. The minimum absolute atomic E-state index is 0.198. The van der Waals surface area contributed by atoms with Crippen LogP contribution in [0, 0.1) is 0 Å². The van der Waals surface area contributed by atoms with E-state index in [2.05, 4.69) is 0 Å². The Morgan fingerprint density at radius 1 is 1.44 bits per heavy atom. The molecule has 100 valence electrons. The number of aliphatic hydroxyl groups is 1. The lowest BCUT2D eigenvalue weighted by atomic mass is 10.0. The van der Waals surface area contributed by atoms with Gasteiger partial charge in [0.2, 0.25) is 0 Å². The smallest absolute Gasteiger partial charge is 0.139 e. The Labute approximate surface area is 117 Å². The molecule has 2 rings (SSSR count). The first kappa shape index (κ1) is 13.9. The maximum atomic E-state index is 10.2. The summed E-state index contributed by atoms with van der Waals surface area (Å²) >= 11 is 12.3. The van der Waals surface area contributed by atoms with Crippen LogP contribution in [0.3, 0.4) is 0 Å². The summed E-state index contributed by atoms with van der Waals surface area (Å²) in [6.07, 6.45) is 0.858. The molecule has 3 nitrogen and oxygen atoms in total. The third kappa shape index (κ3) is 2.91. The summed E-state index contributed by atoms with van der Waals surface area (Å²) in [7, 11) is 0. The van der Waals surface area contributed by atoms with Gasteiger partial charge in [-0.05, 0) is 25.8 Å². The summed E-state index contributed by atoms with van der Waals surface area (Å²) in [5, 5.41) is 11.1. The molecule has 0 spiro atoms. The van der Waals surface area contributed by atoms with Crippen LogP contribution in [0.2, 0.25) is 10.0 Å². The van der Waals surface area contributed by atoms with Crippen LogP contribution in [0.25, 0.3) is 0 Å². The number of halogens is 2. The fourth-order valence-electron chi connectivity index (χ4n) is 2.09. The number of hydrogen-bond acceptors (Lipinski definition) is 3. The van der Waals surface area contributed by atoms with E-state index in [-0.39, 0.29) is 6.10 Å². The van der Waals surface area contributed by atoms with Gasteiger partial charge < -0.3 is 14.6 Å². The van der Waals surface area contributed by atoms with Crippen LogP contribution in [0.4, 0.5) is 0 Å². The normalized spacial score (nSPS) is 21.0. The lowest BCUT2D eigenvalue weighted by Crippen LogP contribution is -2.17. The van der Waals surface area contributed by atoms with Crippen LogP contribution in [-0.2, 0) is 4.74 Å². The molecule has 0 amide bonds. The van der Waals surface area contributed by atoms with E-state index in [9.17, 15) is 5.11 Å². The molecule has 1 saturated heterocycles. The van der Waals surface area contributed by atoms with Crippen LogP contribution in [-0.4, -0.2) is 24.4 Å². The van der Waals surface area contributed by atoms with Crippen molar-refractivity contribution in [3.8, 4) is 5.75 Å². The lowest BCUT2D eigenvalue weighted by molar-refractivity contribution is -0.00255. The minimum Gasteiger partial charge on any atom is -0.492 e. The van der Waals surface area contributed by atoms with E-state index in [0.29, 0.717) is 34.6 Å². The summed E-state index contributed by atoms with van der Waals surface area (Å²) in [4.78, 5) is 0. The zero-order valence-electron chi connectivity index (χ0n) is 10.2. The van der Waals surface area contributed by atoms with Crippen LogP contribution in [0.1, 0.15) is 31.4 Å². The van der Waals surface area contributed by atoms with E-state index < -0.39 is 6.10 Å². The summed E-state index contributed by atoms with van der Waals surface area (Å²) in [6, 6.07) is 3.29. The van der Waals surface area contributed by atoms with Gasteiger partial charge in [-0.2, -0.15) is 0 Å². The van der Waals surface area contributed by atoms with E-state index in [4.69, 9.17) is 32.7 Å². The van der Waals surface area contributed by atoms with E-state index in [1.54, 1.807) is 12.1 Å². The van der Waals surface area contributed by atoms with Crippen molar-refractivity contribution in [3.05, 3.63) is 27.7 Å². The van der Waals surface area contributed by atoms with Gasteiger partial charge in [0.05, 0.1) is 22.8 Å². The van der Waals surface area contributed by atoms with Gasteiger partial charge in [-0.1, -0.05) is 23.2 Å². The molecular formula is C13H16Cl2O3. The largest absolute Gasteiger partial charge is 0.492 e. The maximum Gasteiger partial charge on any atom is 0.139 e. The Balaban J connectivity index is 2.24. The Bertz CT molecular complexity index is 417. The summed E-state index contributed by atoms with van der Waals surface area (Å²) < 4.78 is 10.8. The van der Waals surface area contributed by atoms with Crippen molar-refractivity contribution in [1.82, 2.24) is 0 Å². The van der Waals surface area contributed by atoms with Crippen LogP contribution >= 0.6 is 23.2 Å². The van der Waals surface area contributed by atoms with Crippen molar-refractivity contribution in [1.29, 1.82) is 0 Å². The van der Waals surface area contributed by atoms with Crippen molar-refractivity contribution >= 4 is 23.2 Å². The van der Waals surface area contributed by atoms with Gasteiger partial charge in [0, 0.05) is 18.2 Å². The van der Waals surface area contributed by atoms with Crippen molar-refractivity contribution in [3.63, 3.8) is 0 Å². The van der Waals surface area contributed by atoms with Gasteiger partial charge in [0.1, 0.15) is 11.9 Å². The number of aliphatic hydroxyl groups excluding tert-OH is 1. The summed E-state index contributed by atoms with van der Waals surface area (Å²) in [6.45, 7) is 3.08. The average molecular weight is 291 g/mol. The van der Waals surface area contributed by atoms with Crippen molar-refractivity contribution < 1.29 is 14.6 Å². The quantitative estimate of drug-likeness (QED) is 0.921. The second-order valence-corrected chi connectivity index (χ2v) is 5.05. The summed E-state index contributed by atoms with van der Waals surface area (Å²) in [5.74, 6) is 0.535. The fraction of sp³-hybridized carbons (Fsp3) is 0.538. The highest BCUT2D eigenvalue weighted by Gasteiger charge is 2.27. The van der Waals surface area contributed by atoms with E-state index in [1.807, 2.05) is 6.92 Å². The third-order valence-electron chi connectivity index (χ3n) is 2.99. The Kier molecular flexibility index (Phi) is 4.73. The van der Waals surface area contributed by atoms with Gasteiger partial charge in [-0.3, -0.25) is 0 Å². The SMILES string of the molecule is CCOc1cc(Cl)c(C(O)C2CCCO2)cc1Cl. The topological polar surface area (TPSA) is 38.7 Å². The minimum atomic E-state index is -0.742. The predicted octanol–water partition coefficient (Wildman–Crippen LogP) is 3.60. The molecule has 2 unspecified atom stereocenters. The first-order valence-corrected chi connectivity index (χ1v) is 6.80. The number of ether oxygens (including phenoxy) is 2. The number of hydrogen-bond donors (Lipinski definition) is 1. The van der Waals surface area contributed by atoms with Crippen LogP contribution < -0.4 is 4.74 Å². The van der Waals surface area contributed by atoms with Crippen LogP contribution in [0.5, 0.6) is 5.75 Å². The summed E-state index contributed by atoms with van der Waals surface area (Å²) in [5.41, 5.74) is 0.594. The maximum absolute atomic E-state index is 10.2. The van der Waals surface area contributed by atoms with Crippen molar-refractivity contribution in [2.24, 2.45) is 0 Å². The first-order valence-electron chi connectivity index (χ1n) is 6.05. The third-order valence-corrected chi connectivity index (χ3v) is 3.61. The van der Waals surface area contributed by atoms with Gasteiger partial charge in [0.25, 0.3) is 0 Å². The van der Waals surface area contributed by atoms with Crippen molar-refractivity contribution in [2.75, 3.05) is 13.2 Å². The van der Waals surface area contributed by atoms with E-state index >= 15 is 0 Å². The molecule has 1 heterocycles. The van der Waals surface area contributed by atoms with E-state index in [1.165, 1.54) is 0 Å². The zero-order chi connectivity index (χ0) is 13.1. The first-order chi connectivity index (χ1) is 8.63. The molecule has 1 aromatic rings. The van der Waals surface area contributed by atoms with Crippen LogP contribution in [0.15, 0.2) is 12.1 Å². The fourth-order valence-corrected chi connectivity index (χ4v) is 2.58. The van der Waals surface area contributed by atoms with Gasteiger partial charge >= 0.3 is 0 Å². The molecule has 0 saturated carbocycles. The second-order valence-electron chi connectivity index (χ2n) is 4.23. The molecule has 0 aromatic heterocycles. The Morgan fingerprint density at radius 3 is 2.83 bits per heavy atom. The van der Waals surface area contributed by atoms with Gasteiger partial charge in [0.15, 0.2) is 0 Å². The molecule has 18 heavy (non-hydrogen) atoms. The van der Waals surface area contributed by atoms with Gasteiger partial charge in [-0.25, -0.2) is 0 Å². The monoisotopic (exact) mass is 290 g/mol. The Morgan fingerprint density at radius 2 is 2.22 bits per heavy atom. The standard InChI is InChI=1S/C13H16Cl2O3/c1-2-17-12-7-9(14)8(6-10(12)15)13(16)11-4-3-5-18-11/h6-7,11,13,16H,2-5H2,1H3. The second kappa shape index (κ2) is 6.11. The molecule has 0 aliphatic carbocycles. The molecule has 0 bridgehead atoms. The zero-order valence-corrected chi connectivity index (χ0v) is 11.7. The predicted molar refractivity (Wildman–Crippen MR) is 71.6 cm³/mol. The molecule has 5 heteroatoms. The van der Waals surface area contributed by atoms with Crippen molar-refractivity contribution in [2.45, 2.75) is 32.0 Å². The number of rotatable bonds is 4. The molecule has 1 aliphatic rings. The Hall–Kier alpha value is -0.480. The van der Waals surface area contributed by atoms with E-state index in [0.717, 1.165) is 12.8 Å². The average Bonchev–Trinajstić information content (AvgIpc) is 2.86. The lowest BCUT2D eigenvalue weighted by Gasteiger charge is -2.20. The molecule has 0 radical (unpaired) electrons. The molecule has 2 atom stereocenters. The highest BCUT2D eigenvalue weighted by atomic mass is 35.5. The number of benzene rings is 1. The molecule has 1 aromatic carbocycles. The van der Waals surface area contributed by atoms with Gasteiger partial charge in [-0.15, -0.1) is 0 Å². The molecule has 1 fully saturated rings.